The maximum absolute atomic E-state index is 13.3. The van der Waals surface area contributed by atoms with Crippen molar-refractivity contribution in [3.05, 3.63) is 52.6 Å². The van der Waals surface area contributed by atoms with Crippen LogP contribution >= 0.6 is 11.6 Å². The van der Waals surface area contributed by atoms with Gasteiger partial charge in [-0.1, -0.05) is 11.6 Å². The van der Waals surface area contributed by atoms with Crippen molar-refractivity contribution in [1.82, 2.24) is 15.6 Å². The summed E-state index contributed by atoms with van der Waals surface area (Å²) in [4.78, 5) is 27.9. The van der Waals surface area contributed by atoms with Crippen LogP contribution in [0.2, 0.25) is 5.02 Å². The fourth-order valence-electron chi connectivity index (χ4n) is 3.28. The van der Waals surface area contributed by atoms with E-state index in [9.17, 15) is 40.3 Å². The Labute approximate surface area is 209 Å². The largest absolute Gasteiger partial charge is 0.420 e. The van der Waals surface area contributed by atoms with E-state index in [1.54, 1.807) is 0 Å². The Hall–Kier alpha value is -3.33. The van der Waals surface area contributed by atoms with Gasteiger partial charge in [0, 0.05) is 6.42 Å². The van der Waals surface area contributed by atoms with E-state index in [2.05, 4.69) is 15.6 Å². The molecule has 2 heterocycles. The number of anilines is 2. The molecule has 0 unspecified atom stereocenters. The minimum atomic E-state index is -4.83. The van der Waals surface area contributed by atoms with E-state index in [-0.39, 0.29) is 42.6 Å². The molecular formula is C21H18ClF7N4O4. The molecule has 1 atom stereocenters. The van der Waals surface area contributed by atoms with E-state index in [1.165, 1.54) is 6.07 Å². The Morgan fingerprint density at radius 3 is 2.49 bits per heavy atom. The van der Waals surface area contributed by atoms with Gasteiger partial charge >= 0.3 is 18.4 Å². The number of nitrogens with zero attached hydrogens (tertiary/aromatic N) is 1. The van der Waals surface area contributed by atoms with Crippen molar-refractivity contribution in [2.75, 3.05) is 18.5 Å². The fourth-order valence-corrected chi connectivity index (χ4v) is 3.51. The van der Waals surface area contributed by atoms with Crippen molar-refractivity contribution in [3.8, 4) is 0 Å². The maximum Gasteiger partial charge on any atom is 0.418 e. The van der Waals surface area contributed by atoms with Crippen LogP contribution < -0.4 is 16.0 Å². The molecule has 0 spiro atoms. The molecule has 2 amide bonds. The summed E-state index contributed by atoms with van der Waals surface area (Å²) in [5.74, 6) is -2.48. The number of hydrogen-bond acceptors (Lipinski definition) is 6. The van der Waals surface area contributed by atoms with E-state index in [0.717, 1.165) is 18.3 Å². The summed E-state index contributed by atoms with van der Waals surface area (Å²) in [6, 6.07) is 3.27. The van der Waals surface area contributed by atoms with Gasteiger partial charge in [-0.25, -0.2) is 9.18 Å². The molecule has 16 heteroatoms. The Morgan fingerprint density at radius 2 is 1.89 bits per heavy atom. The molecule has 37 heavy (non-hydrogen) atoms. The molecular weight excluding hydrogens is 541 g/mol. The van der Waals surface area contributed by atoms with Crippen LogP contribution in [0.15, 0.2) is 30.5 Å². The first-order chi connectivity index (χ1) is 17.2. The standard InChI is InChI=1S/C21H18ClF7N4O4/c22-14-6-12(32-15-2-1-11(23)5-13(15)21(27,28)29)8-30-16(14)9-31-18(35)37-19(3-4-36-10-19)33-17(34)7-20(24,25)26/h1-2,5-6,8,32H,3-4,7,9-10H2,(H,31,35)(H,33,34)/t19-/m0/s1. The fraction of sp³-hybridized carbons (Fsp3) is 0.381. The second-order valence-corrected chi connectivity index (χ2v) is 8.25. The van der Waals surface area contributed by atoms with Crippen LogP contribution in [0.4, 0.5) is 46.9 Å². The first-order valence-corrected chi connectivity index (χ1v) is 10.7. The number of carbonyl (C=O) groups excluding carboxylic acids is 2. The van der Waals surface area contributed by atoms with Gasteiger partial charge in [-0.2, -0.15) is 26.3 Å². The molecule has 0 bridgehead atoms. The molecule has 1 aliphatic heterocycles. The molecule has 3 rings (SSSR count). The summed E-state index contributed by atoms with van der Waals surface area (Å²) in [6.45, 7) is -0.687. The lowest BCUT2D eigenvalue weighted by molar-refractivity contribution is -0.158. The number of alkyl carbamates (subject to hydrolysis) is 1. The van der Waals surface area contributed by atoms with E-state index < -0.39 is 53.6 Å². The third kappa shape index (κ3) is 8.08. The number of carbonyl (C=O) groups is 2. The minimum Gasteiger partial charge on any atom is -0.420 e. The summed E-state index contributed by atoms with van der Waals surface area (Å²) in [7, 11) is 0. The topological polar surface area (TPSA) is 102 Å². The van der Waals surface area contributed by atoms with Crippen LogP contribution in [-0.4, -0.2) is 42.1 Å². The Balaban J connectivity index is 1.62. The van der Waals surface area contributed by atoms with Gasteiger partial charge in [0.1, 0.15) is 18.8 Å². The zero-order chi connectivity index (χ0) is 27.4. The second-order valence-electron chi connectivity index (χ2n) is 7.85. The smallest absolute Gasteiger partial charge is 0.418 e. The summed E-state index contributed by atoms with van der Waals surface area (Å²) >= 11 is 6.10. The highest BCUT2D eigenvalue weighted by atomic mass is 35.5. The van der Waals surface area contributed by atoms with Crippen LogP contribution in [0.5, 0.6) is 0 Å². The van der Waals surface area contributed by atoms with Crippen molar-refractivity contribution in [3.63, 3.8) is 0 Å². The number of benzene rings is 1. The third-order valence-corrected chi connectivity index (χ3v) is 5.21. The number of aromatic nitrogens is 1. The highest BCUT2D eigenvalue weighted by Crippen LogP contribution is 2.37. The highest BCUT2D eigenvalue weighted by molar-refractivity contribution is 6.31. The molecule has 0 aliphatic carbocycles. The van der Waals surface area contributed by atoms with Crippen LogP contribution in [0.1, 0.15) is 24.1 Å². The number of alkyl halides is 6. The first kappa shape index (κ1) is 28.2. The van der Waals surface area contributed by atoms with Gasteiger partial charge < -0.3 is 25.4 Å². The van der Waals surface area contributed by atoms with Gasteiger partial charge in [-0.3, -0.25) is 9.78 Å². The molecule has 1 saturated heterocycles. The molecule has 8 nitrogen and oxygen atoms in total. The van der Waals surface area contributed by atoms with Crippen molar-refractivity contribution in [1.29, 1.82) is 0 Å². The van der Waals surface area contributed by atoms with Crippen molar-refractivity contribution in [2.24, 2.45) is 0 Å². The molecule has 0 radical (unpaired) electrons. The van der Waals surface area contributed by atoms with Gasteiger partial charge in [-0.15, -0.1) is 0 Å². The number of halogens is 8. The van der Waals surface area contributed by atoms with Gasteiger partial charge in [0.05, 0.1) is 47.0 Å². The normalized spacial score (nSPS) is 17.8. The molecule has 1 aliphatic rings. The predicted octanol–water partition coefficient (Wildman–Crippen LogP) is 5.05. The number of nitrogens with one attached hydrogen (secondary N) is 3. The van der Waals surface area contributed by atoms with Crippen molar-refractivity contribution >= 4 is 35.0 Å². The molecule has 0 saturated carbocycles. The quantitative estimate of drug-likeness (QED) is 0.325. The second kappa shape index (κ2) is 11.0. The first-order valence-electron chi connectivity index (χ1n) is 10.4. The van der Waals surface area contributed by atoms with Crippen LogP contribution in [0, 0.1) is 5.82 Å². The van der Waals surface area contributed by atoms with Crippen LogP contribution in [0.3, 0.4) is 0 Å². The van der Waals surface area contributed by atoms with Crippen molar-refractivity contribution in [2.45, 2.75) is 37.5 Å². The monoisotopic (exact) mass is 558 g/mol. The molecule has 2 aromatic rings. The maximum atomic E-state index is 13.3. The average molecular weight is 559 g/mol. The molecule has 3 N–H and O–H groups in total. The number of pyridine rings is 1. The van der Waals surface area contributed by atoms with Crippen LogP contribution in [-0.2, 0) is 27.0 Å². The predicted molar refractivity (Wildman–Crippen MR) is 114 cm³/mol. The number of ether oxygens (including phenoxy) is 2. The molecule has 1 aromatic carbocycles. The molecule has 1 fully saturated rings. The van der Waals surface area contributed by atoms with E-state index in [0.29, 0.717) is 6.07 Å². The lowest BCUT2D eigenvalue weighted by atomic mass is 10.1. The van der Waals surface area contributed by atoms with Crippen molar-refractivity contribution < 1.29 is 49.8 Å². The lowest BCUT2D eigenvalue weighted by Gasteiger charge is -2.28. The summed E-state index contributed by atoms with van der Waals surface area (Å²) < 4.78 is 100. The lowest BCUT2D eigenvalue weighted by Crippen LogP contribution is -2.54. The van der Waals surface area contributed by atoms with Gasteiger partial charge in [0.2, 0.25) is 11.6 Å². The van der Waals surface area contributed by atoms with Crippen LogP contribution in [0.25, 0.3) is 0 Å². The van der Waals surface area contributed by atoms with Gasteiger partial charge in [0.15, 0.2) is 0 Å². The zero-order valence-electron chi connectivity index (χ0n) is 18.5. The average Bonchev–Trinajstić information content (AvgIpc) is 3.19. The molecule has 202 valence electrons. The number of hydrogen-bond donors (Lipinski definition) is 3. The van der Waals surface area contributed by atoms with E-state index in [1.807, 2.05) is 5.32 Å². The van der Waals surface area contributed by atoms with E-state index in [4.69, 9.17) is 21.1 Å². The summed E-state index contributed by atoms with van der Waals surface area (Å²) in [5, 5.41) is 6.66. The summed E-state index contributed by atoms with van der Waals surface area (Å²) in [6.07, 6.45) is -11.5. The third-order valence-electron chi connectivity index (χ3n) is 4.89. The minimum absolute atomic E-state index is 0.0194. The highest BCUT2D eigenvalue weighted by Gasteiger charge is 2.43. The van der Waals surface area contributed by atoms with E-state index >= 15 is 0 Å². The summed E-state index contributed by atoms with van der Waals surface area (Å²) in [5.41, 5.74) is -3.40. The van der Waals surface area contributed by atoms with Gasteiger partial charge in [-0.05, 0) is 24.3 Å². The zero-order valence-corrected chi connectivity index (χ0v) is 19.3. The Morgan fingerprint density at radius 1 is 1.16 bits per heavy atom. The molecule has 1 aromatic heterocycles. The Kier molecular flexibility index (Phi) is 8.37. The SMILES string of the molecule is O=C(CC(F)(F)F)N[C@]1(OC(=O)NCc2ncc(Nc3ccc(F)cc3C(F)(F)F)cc2Cl)CCOC1. The Bertz CT molecular complexity index is 1150. The van der Waals surface area contributed by atoms with Gasteiger partial charge in [0.25, 0.3) is 0 Å². The number of amides is 2. The number of rotatable bonds is 7.